The van der Waals surface area contributed by atoms with Gasteiger partial charge in [-0.05, 0) is 12.5 Å². The molecule has 2 aromatic rings. The summed E-state index contributed by atoms with van der Waals surface area (Å²) < 4.78 is 16.5. The number of Topliss-reactive ketones (excluding diaryl/α,β-unsaturated/α-hetero) is 1. The Morgan fingerprint density at radius 3 is 2.52 bits per heavy atom. The van der Waals surface area contributed by atoms with Crippen molar-refractivity contribution in [3.05, 3.63) is 56.7 Å². The van der Waals surface area contributed by atoms with Crippen LogP contribution in [0.3, 0.4) is 0 Å². The summed E-state index contributed by atoms with van der Waals surface area (Å²) in [4.78, 5) is 37.0. The highest BCUT2D eigenvalue weighted by atomic mass is 35.5. The van der Waals surface area contributed by atoms with Crippen molar-refractivity contribution in [2.24, 2.45) is 5.92 Å². The van der Waals surface area contributed by atoms with E-state index in [1.807, 2.05) is 0 Å². The molecule has 1 spiro atoms. The fourth-order valence-corrected chi connectivity index (χ4v) is 4.39. The van der Waals surface area contributed by atoms with Crippen molar-refractivity contribution in [2.75, 3.05) is 19.5 Å². The third-order valence-electron chi connectivity index (χ3n) is 5.80. The lowest BCUT2D eigenvalue weighted by Gasteiger charge is -2.35. The van der Waals surface area contributed by atoms with E-state index in [2.05, 4.69) is 5.32 Å². The Hall–Kier alpha value is -3.79. The van der Waals surface area contributed by atoms with E-state index in [-0.39, 0.29) is 51.4 Å². The minimum Gasteiger partial charge on any atom is -0.506 e. The number of phenols is 1. The fourth-order valence-electron chi connectivity index (χ4n) is 4.13. The van der Waals surface area contributed by atoms with Crippen molar-refractivity contribution in [1.82, 2.24) is 0 Å². The standard InChI is InChI=1S/C22H19ClN2O8/c1-10-6-11(24-13-5-4-12(25(29)30)8-14(13)26)7-17(27)22(10)21(28)18-15(31-2)9-16(32-3)19(23)20(18)33-22/h4-5,7-10,24,26H,6H2,1-3H3/t10-,22+/m1/s1. The lowest BCUT2D eigenvalue weighted by molar-refractivity contribution is -0.384. The number of nitrogens with one attached hydrogen (secondary N) is 1. The number of methoxy groups -OCH3 is 2. The summed E-state index contributed by atoms with van der Waals surface area (Å²) in [6, 6.07) is 5.01. The average molecular weight is 475 g/mol. The summed E-state index contributed by atoms with van der Waals surface area (Å²) >= 11 is 6.36. The predicted molar refractivity (Wildman–Crippen MR) is 118 cm³/mol. The number of carbonyl (C=O) groups excluding carboxylic acids is 2. The molecule has 1 aliphatic carbocycles. The number of carbonyl (C=O) groups is 2. The summed E-state index contributed by atoms with van der Waals surface area (Å²) in [7, 11) is 2.79. The number of nitro groups is 1. The third-order valence-corrected chi connectivity index (χ3v) is 6.16. The van der Waals surface area contributed by atoms with Crippen molar-refractivity contribution in [2.45, 2.75) is 18.9 Å². The van der Waals surface area contributed by atoms with E-state index in [1.165, 1.54) is 38.5 Å². The smallest absolute Gasteiger partial charge is 0.273 e. The van der Waals surface area contributed by atoms with Gasteiger partial charge in [0.15, 0.2) is 5.75 Å². The monoisotopic (exact) mass is 474 g/mol. The van der Waals surface area contributed by atoms with Crippen molar-refractivity contribution >= 4 is 34.5 Å². The van der Waals surface area contributed by atoms with Crippen LogP contribution in [0.25, 0.3) is 0 Å². The normalized spacial score (nSPS) is 21.3. The maximum Gasteiger partial charge on any atom is 0.273 e. The molecule has 33 heavy (non-hydrogen) atoms. The molecule has 10 nitrogen and oxygen atoms in total. The SMILES string of the molecule is COc1cc(OC)c2c(c1Cl)O[C@@]1(C(=O)C=C(Nc3ccc([N+](=O)[O-])cc3O)C[C@H]1C)C2=O. The maximum atomic E-state index is 13.5. The molecule has 0 fully saturated rings. The van der Waals surface area contributed by atoms with Crippen molar-refractivity contribution in [3.8, 4) is 23.0 Å². The van der Waals surface area contributed by atoms with Crippen molar-refractivity contribution < 1.29 is 33.8 Å². The minimum absolute atomic E-state index is 0.0240. The number of aromatic hydroxyl groups is 1. The number of ether oxygens (including phenoxy) is 3. The third kappa shape index (κ3) is 3.34. The highest BCUT2D eigenvalue weighted by Gasteiger charge is 2.60. The predicted octanol–water partition coefficient (Wildman–Crippen LogP) is 3.89. The van der Waals surface area contributed by atoms with E-state index in [0.29, 0.717) is 5.70 Å². The first-order valence-corrected chi connectivity index (χ1v) is 10.2. The van der Waals surface area contributed by atoms with Crippen LogP contribution in [0, 0.1) is 16.0 Å². The number of ketones is 2. The zero-order valence-corrected chi connectivity index (χ0v) is 18.6. The first-order valence-electron chi connectivity index (χ1n) is 9.81. The molecule has 172 valence electrons. The molecule has 0 saturated carbocycles. The number of rotatable bonds is 5. The number of nitro benzene ring substituents is 1. The van der Waals surface area contributed by atoms with Crippen LogP contribution >= 0.6 is 11.6 Å². The minimum atomic E-state index is -1.83. The molecule has 0 amide bonds. The van der Waals surface area contributed by atoms with Crippen LogP contribution in [0.5, 0.6) is 23.0 Å². The van der Waals surface area contributed by atoms with Gasteiger partial charge >= 0.3 is 0 Å². The summed E-state index contributed by atoms with van der Waals surface area (Å²) in [5.41, 5.74) is -1.44. The highest BCUT2D eigenvalue weighted by molar-refractivity contribution is 6.36. The van der Waals surface area contributed by atoms with Crippen molar-refractivity contribution in [1.29, 1.82) is 0 Å². The topological polar surface area (TPSA) is 137 Å². The molecule has 2 atom stereocenters. The average Bonchev–Trinajstić information content (AvgIpc) is 3.09. The van der Waals surface area contributed by atoms with Gasteiger partial charge in [0.2, 0.25) is 17.2 Å². The molecular weight excluding hydrogens is 456 g/mol. The molecule has 0 bridgehead atoms. The van der Waals surface area contributed by atoms with Gasteiger partial charge in [0.05, 0.1) is 30.9 Å². The molecule has 4 rings (SSSR count). The number of allylic oxidation sites excluding steroid dienone is 1. The second-order valence-corrected chi connectivity index (χ2v) is 8.07. The van der Waals surface area contributed by atoms with Gasteiger partial charge in [-0.25, -0.2) is 0 Å². The number of phenolic OH excluding ortho intramolecular Hbond substituents is 1. The first kappa shape index (κ1) is 22.4. The number of hydrogen-bond acceptors (Lipinski definition) is 9. The summed E-state index contributed by atoms with van der Waals surface area (Å²) in [6.45, 7) is 1.68. The summed E-state index contributed by atoms with van der Waals surface area (Å²) in [5, 5.41) is 23.9. The van der Waals surface area contributed by atoms with Gasteiger partial charge in [-0.3, -0.25) is 19.7 Å². The number of nitrogens with zero attached hydrogens (tertiary/aromatic N) is 1. The van der Waals surface area contributed by atoms with Crippen LogP contribution in [-0.4, -0.2) is 41.4 Å². The Kier molecular flexibility index (Phi) is 5.41. The lowest BCUT2D eigenvalue weighted by Crippen LogP contribution is -2.55. The summed E-state index contributed by atoms with van der Waals surface area (Å²) in [6.07, 6.45) is 1.43. The van der Waals surface area contributed by atoms with E-state index in [9.17, 15) is 24.8 Å². The largest absolute Gasteiger partial charge is 0.506 e. The van der Waals surface area contributed by atoms with Gasteiger partial charge in [0, 0.05) is 29.8 Å². The Morgan fingerprint density at radius 1 is 1.24 bits per heavy atom. The van der Waals surface area contributed by atoms with Crippen LogP contribution < -0.4 is 19.5 Å². The first-order chi connectivity index (χ1) is 15.6. The van der Waals surface area contributed by atoms with Gasteiger partial charge < -0.3 is 24.6 Å². The second kappa shape index (κ2) is 7.96. The van der Waals surface area contributed by atoms with Gasteiger partial charge in [0.1, 0.15) is 27.8 Å². The van der Waals surface area contributed by atoms with Crippen LogP contribution in [0.1, 0.15) is 23.7 Å². The van der Waals surface area contributed by atoms with E-state index in [0.717, 1.165) is 6.07 Å². The number of halogens is 1. The van der Waals surface area contributed by atoms with Crippen LogP contribution in [0.2, 0.25) is 5.02 Å². The van der Waals surface area contributed by atoms with Crippen LogP contribution in [0.4, 0.5) is 11.4 Å². The van der Waals surface area contributed by atoms with Crippen molar-refractivity contribution in [3.63, 3.8) is 0 Å². The van der Waals surface area contributed by atoms with E-state index in [1.54, 1.807) is 6.92 Å². The number of non-ortho nitro benzene ring substituents is 1. The molecule has 11 heteroatoms. The number of benzene rings is 2. The lowest BCUT2D eigenvalue weighted by atomic mass is 9.74. The Bertz CT molecular complexity index is 1240. The second-order valence-electron chi connectivity index (χ2n) is 7.69. The number of anilines is 1. The van der Waals surface area contributed by atoms with Crippen LogP contribution in [-0.2, 0) is 4.79 Å². The Morgan fingerprint density at radius 2 is 1.94 bits per heavy atom. The quantitative estimate of drug-likeness (QED) is 0.286. The van der Waals surface area contributed by atoms with Gasteiger partial charge in [-0.2, -0.15) is 0 Å². The van der Waals surface area contributed by atoms with Crippen LogP contribution in [0.15, 0.2) is 36.0 Å². The molecule has 2 aliphatic rings. The molecule has 0 radical (unpaired) electrons. The number of fused-ring (bicyclic) bond motifs is 1. The molecule has 2 N–H and O–H groups in total. The van der Waals surface area contributed by atoms with Gasteiger partial charge in [-0.15, -0.1) is 0 Å². The highest BCUT2D eigenvalue weighted by Crippen LogP contribution is 2.53. The van der Waals surface area contributed by atoms with E-state index in [4.69, 9.17) is 25.8 Å². The zero-order chi connectivity index (χ0) is 24.1. The molecule has 2 aromatic carbocycles. The molecule has 0 unspecified atom stereocenters. The Labute approximate surface area is 192 Å². The molecular formula is C22H19ClN2O8. The van der Waals surface area contributed by atoms with E-state index < -0.39 is 28.0 Å². The van der Waals surface area contributed by atoms with E-state index >= 15 is 0 Å². The van der Waals surface area contributed by atoms with Gasteiger partial charge in [0.25, 0.3) is 5.69 Å². The molecule has 1 aliphatic heterocycles. The number of hydrogen-bond donors (Lipinski definition) is 2. The Balaban J connectivity index is 1.69. The molecule has 0 saturated heterocycles. The maximum absolute atomic E-state index is 13.5. The fraction of sp³-hybridized carbons (Fsp3) is 0.273. The van der Waals surface area contributed by atoms with Gasteiger partial charge in [-0.1, -0.05) is 18.5 Å². The summed E-state index contributed by atoms with van der Waals surface area (Å²) in [5.74, 6) is -1.71. The zero-order valence-electron chi connectivity index (χ0n) is 17.8. The molecule has 1 heterocycles. The molecule has 0 aromatic heterocycles.